The molecule has 0 aromatic heterocycles. The number of carbonyl (C=O) groups is 1. The first kappa shape index (κ1) is 16.7. The Bertz CT molecular complexity index is 572. The minimum Gasteiger partial charge on any atom is -0.465 e. The number of aliphatic hydroxyl groups excluding tert-OH is 1. The summed E-state index contributed by atoms with van der Waals surface area (Å²) in [6.45, 7) is 1.90. The van der Waals surface area contributed by atoms with Crippen LogP contribution in [0.3, 0.4) is 0 Å². The second kappa shape index (κ2) is 7.46. The van der Waals surface area contributed by atoms with Crippen molar-refractivity contribution in [2.24, 2.45) is 0 Å². The van der Waals surface area contributed by atoms with Crippen molar-refractivity contribution in [3.05, 3.63) is 45.3 Å². The summed E-state index contributed by atoms with van der Waals surface area (Å²) in [5.41, 5.74) is -1.13. The Morgan fingerprint density at radius 2 is 2.24 bits per heavy atom. The Kier molecular flexibility index (Phi) is 5.94. The third-order valence-corrected chi connectivity index (χ3v) is 2.50. The van der Waals surface area contributed by atoms with Crippen molar-refractivity contribution >= 4 is 17.7 Å². The van der Waals surface area contributed by atoms with Crippen molar-refractivity contribution in [1.82, 2.24) is 0 Å². The van der Waals surface area contributed by atoms with E-state index in [0.717, 1.165) is 31.4 Å². The lowest BCUT2D eigenvalue weighted by atomic mass is 10.1. The summed E-state index contributed by atoms with van der Waals surface area (Å²) in [6, 6.07) is 1.60. The molecule has 0 amide bonds. The van der Waals surface area contributed by atoms with E-state index in [1.807, 2.05) is 0 Å². The molecular formula is C13H14FNO6. The Morgan fingerprint density at radius 3 is 2.76 bits per heavy atom. The van der Waals surface area contributed by atoms with Crippen LogP contribution in [0, 0.1) is 15.9 Å². The van der Waals surface area contributed by atoms with Gasteiger partial charge in [0.1, 0.15) is 11.4 Å². The normalized spacial score (nSPS) is 12.4. The summed E-state index contributed by atoms with van der Waals surface area (Å²) in [7, 11) is 1.04. The van der Waals surface area contributed by atoms with Crippen molar-refractivity contribution in [3.63, 3.8) is 0 Å². The SMILES string of the molecule is CCOC(O)/C=C/c1cc(F)c(C(=O)OC)cc1[N+](=O)[O-]. The molecule has 1 unspecified atom stereocenters. The first-order valence-corrected chi connectivity index (χ1v) is 5.94. The smallest absolute Gasteiger partial charge is 0.341 e. The van der Waals surface area contributed by atoms with Gasteiger partial charge in [0.15, 0.2) is 6.29 Å². The number of esters is 1. The molecule has 1 atom stereocenters. The summed E-state index contributed by atoms with van der Waals surface area (Å²) in [6.07, 6.45) is 1.00. The first-order valence-electron chi connectivity index (χ1n) is 5.94. The molecule has 8 heteroatoms. The molecule has 1 aromatic carbocycles. The van der Waals surface area contributed by atoms with Crippen LogP contribution in [0.5, 0.6) is 0 Å². The Morgan fingerprint density at radius 1 is 1.57 bits per heavy atom. The van der Waals surface area contributed by atoms with Crippen molar-refractivity contribution in [2.75, 3.05) is 13.7 Å². The summed E-state index contributed by atoms with van der Waals surface area (Å²) in [4.78, 5) is 21.5. The number of halogens is 1. The molecule has 0 saturated carbocycles. The van der Waals surface area contributed by atoms with E-state index in [1.165, 1.54) is 0 Å². The van der Waals surface area contributed by atoms with E-state index in [0.29, 0.717) is 0 Å². The number of nitrogens with zero attached hydrogens (tertiary/aromatic N) is 1. The minimum atomic E-state index is -1.27. The van der Waals surface area contributed by atoms with Gasteiger partial charge in [0.05, 0.1) is 17.6 Å². The monoisotopic (exact) mass is 299 g/mol. The van der Waals surface area contributed by atoms with Gasteiger partial charge in [-0.1, -0.05) is 0 Å². The lowest BCUT2D eigenvalue weighted by Crippen LogP contribution is -2.08. The average molecular weight is 299 g/mol. The van der Waals surface area contributed by atoms with Crippen LogP contribution in [0.2, 0.25) is 0 Å². The van der Waals surface area contributed by atoms with Crippen molar-refractivity contribution < 1.29 is 28.7 Å². The number of hydrogen-bond donors (Lipinski definition) is 1. The van der Waals surface area contributed by atoms with Crippen LogP contribution in [0.15, 0.2) is 18.2 Å². The van der Waals surface area contributed by atoms with Crippen LogP contribution < -0.4 is 0 Å². The summed E-state index contributed by atoms with van der Waals surface area (Å²) < 4.78 is 22.9. The summed E-state index contributed by atoms with van der Waals surface area (Å²) >= 11 is 0. The van der Waals surface area contributed by atoms with Crippen LogP contribution >= 0.6 is 0 Å². The lowest BCUT2D eigenvalue weighted by molar-refractivity contribution is -0.385. The topological polar surface area (TPSA) is 98.9 Å². The number of carbonyl (C=O) groups excluding carboxylic acids is 1. The third kappa shape index (κ3) is 4.33. The number of benzene rings is 1. The van der Waals surface area contributed by atoms with E-state index in [4.69, 9.17) is 4.74 Å². The second-order valence-corrected chi connectivity index (χ2v) is 3.84. The largest absolute Gasteiger partial charge is 0.465 e. The van der Waals surface area contributed by atoms with Crippen LogP contribution in [0.1, 0.15) is 22.8 Å². The van der Waals surface area contributed by atoms with Crippen LogP contribution in [-0.4, -0.2) is 36.0 Å². The molecule has 0 spiro atoms. The number of hydrogen-bond acceptors (Lipinski definition) is 6. The van der Waals surface area contributed by atoms with E-state index >= 15 is 0 Å². The average Bonchev–Trinajstić information content (AvgIpc) is 2.44. The van der Waals surface area contributed by atoms with Gasteiger partial charge in [-0.25, -0.2) is 9.18 Å². The number of ether oxygens (including phenoxy) is 2. The highest BCUT2D eigenvalue weighted by Crippen LogP contribution is 2.25. The van der Waals surface area contributed by atoms with Crippen molar-refractivity contribution in [2.45, 2.75) is 13.2 Å². The quantitative estimate of drug-likeness (QED) is 0.373. The molecule has 0 heterocycles. The van der Waals surface area contributed by atoms with Gasteiger partial charge >= 0.3 is 5.97 Å². The van der Waals surface area contributed by atoms with E-state index in [2.05, 4.69) is 4.74 Å². The molecule has 0 radical (unpaired) electrons. The molecule has 1 rings (SSSR count). The van der Waals surface area contributed by atoms with E-state index in [-0.39, 0.29) is 12.2 Å². The molecule has 0 aliphatic heterocycles. The molecule has 7 nitrogen and oxygen atoms in total. The molecule has 114 valence electrons. The molecule has 1 aromatic rings. The minimum absolute atomic E-state index is 0.107. The maximum Gasteiger partial charge on any atom is 0.341 e. The number of rotatable bonds is 6. The highest BCUT2D eigenvalue weighted by molar-refractivity contribution is 5.91. The Hall–Kier alpha value is -2.32. The van der Waals surface area contributed by atoms with E-state index in [1.54, 1.807) is 6.92 Å². The van der Waals surface area contributed by atoms with Crippen LogP contribution in [0.25, 0.3) is 6.08 Å². The summed E-state index contributed by atoms with van der Waals surface area (Å²) in [5, 5.41) is 20.3. The van der Waals surface area contributed by atoms with Crippen LogP contribution in [-0.2, 0) is 9.47 Å². The van der Waals surface area contributed by atoms with Crippen LogP contribution in [0.4, 0.5) is 10.1 Å². The molecule has 21 heavy (non-hydrogen) atoms. The molecule has 0 bridgehead atoms. The van der Waals surface area contributed by atoms with Gasteiger partial charge in [-0.05, 0) is 25.1 Å². The maximum absolute atomic E-state index is 13.8. The third-order valence-electron chi connectivity index (χ3n) is 2.50. The molecule has 0 saturated heterocycles. The van der Waals surface area contributed by atoms with Crippen molar-refractivity contribution in [1.29, 1.82) is 0 Å². The summed E-state index contributed by atoms with van der Waals surface area (Å²) in [5.74, 6) is -1.97. The maximum atomic E-state index is 13.8. The number of aliphatic hydroxyl groups is 1. The van der Waals surface area contributed by atoms with E-state index < -0.39 is 34.3 Å². The molecule has 1 N–H and O–H groups in total. The van der Waals surface area contributed by atoms with Crippen molar-refractivity contribution in [3.8, 4) is 0 Å². The van der Waals surface area contributed by atoms with E-state index in [9.17, 15) is 24.4 Å². The fourth-order valence-corrected chi connectivity index (χ4v) is 1.55. The molecular weight excluding hydrogens is 285 g/mol. The van der Waals surface area contributed by atoms with Gasteiger partial charge in [0, 0.05) is 12.7 Å². The fraction of sp³-hybridized carbons (Fsp3) is 0.308. The zero-order chi connectivity index (χ0) is 16.0. The Labute approximate surface area is 119 Å². The molecule has 0 aliphatic rings. The second-order valence-electron chi connectivity index (χ2n) is 3.84. The first-order chi connectivity index (χ1) is 9.90. The number of nitro groups is 1. The Balaban J connectivity index is 3.23. The molecule has 0 fully saturated rings. The predicted octanol–water partition coefficient (Wildman–Crippen LogP) is 1.89. The number of nitro benzene ring substituents is 1. The van der Waals surface area contributed by atoms with Gasteiger partial charge in [-0.3, -0.25) is 10.1 Å². The lowest BCUT2D eigenvalue weighted by Gasteiger charge is -2.06. The highest BCUT2D eigenvalue weighted by atomic mass is 19.1. The molecule has 0 aliphatic carbocycles. The zero-order valence-electron chi connectivity index (χ0n) is 11.4. The van der Waals surface area contributed by atoms with Gasteiger partial charge in [-0.15, -0.1) is 0 Å². The fourth-order valence-electron chi connectivity index (χ4n) is 1.55. The van der Waals surface area contributed by atoms with Gasteiger partial charge in [-0.2, -0.15) is 0 Å². The van der Waals surface area contributed by atoms with Gasteiger partial charge < -0.3 is 14.6 Å². The standard InChI is InChI=1S/C13H14FNO6/c1-3-21-12(16)5-4-8-6-10(14)9(13(17)20-2)7-11(8)15(18)19/h4-7,12,16H,3H2,1-2H3/b5-4+. The highest BCUT2D eigenvalue weighted by Gasteiger charge is 2.21. The zero-order valence-corrected chi connectivity index (χ0v) is 11.4. The van der Waals surface area contributed by atoms with Gasteiger partial charge in [0.25, 0.3) is 5.69 Å². The van der Waals surface area contributed by atoms with Gasteiger partial charge in [0.2, 0.25) is 0 Å². The predicted molar refractivity (Wildman–Crippen MR) is 71.1 cm³/mol. The number of methoxy groups -OCH3 is 1.